The van der Waals surface area contributed by atoms with Crippen molar-refractivity contribution in [3.63, 3.8) is 0 Å². The lowest BCUT2D eigenvalue weighted by molar-refractivity contribution is 0.102. The maximum absolute atomic E-state index is 13.3. The highest BCUT2D eigenvalue weighted by Gasteiger charge is 2.20. The predicted molar refractivity (Wildman–Crippen MR) is 121 cm³/mol. The Morgan fingerprint density at radius 3 is 2.53 bits per heavy atom. The monoisotopic (exact) mass is 415 g/mol. The van der Waals surface area contributed by atoms with E-state index < -0.39 is 0 Å². The summed E-state index contributed by atoms with van der Waals surface area (Å²) in [4.78, 5) is 17.8. The summed E-state index contributed by atoms with van der Waals surface area (Å²) in [6.07, 6.45) is 0.873. The highest BCUT2D eigenvalue weighted by molar-refractivity contribution is 8.00. The van der Waals surface area contributed by atoms with Gasteiger partial charge in [-0.2, -0.15) is 0 Å². The number of benzene rings is 3. The van der Waals surface area contributed by atoms with Crippen LogP contribution in [0.3, 0.4) is 0 Å². The summed E-state index contributed by atoms with van der Waals surface area (Å²) in [6.45, 7) is 1.32. The standard InChI is InChI=1S/C25H21NO3S/c27-21(16-30-18-11-12-22-23(15-18)29-14-6-13-28-22)24-19-9-4-5-10-20(19)26-25(24)17-7-2-1-3-8-17/h1-5,7-12,15,26H,6,13-14,16H2. The van der Waals surface area contributed by atoms with Gasteiger partial charge in [-0.05, 0) is 29.8 Å². The fraction of sp³-hybridized carbons (Fsp3) is 0.160. The van der Waals surface area contributed by atoms with Crippen LogP contribution in [0.4, 0.5) is 0 Å². The van der Waals surface area contributed by atoms with Crippen LogP contribution in [-0.2, 0) is 0 Å². The molecule has 5 rings (SSSR count). The molecular formula is C25H21NO3S. The van der Waals surface area contributed by atoms with E-state index in [1.54, 1.807) is 0 Å². The highest BCUT2D eigenvalue weighted by atomic mass is 32.2. The molecule has 3 aromatic carbocycles. The van der Waals surface area contributed by atoms with Crippen LogP contribution in [0.2, 0.25) is 0 Å². The quantitative estimate of drug-likeness (QED) is 0.322. The molecule has 1 aliphatic heterocycles. The van der Waals surface area contributed by atoms with E-state index in [0.717, 1.165) is 50.5 Å². The highest BCUT2D eigenvalue weighted by Crippen LogP contribution is 2.35. The van der Waals surface area contributed by atoms with Gasteiger partial charge in [0.25, 0.3) is 0 Å². The van der Waals surface area contributed by atoms with Crippen LogP contribution < -0.4 is 9.47 Å². The molecule has 150 valence electrons. The number of rotatable bonds is 5. The van der Waals surface area contributed by atoms with Crippen LogP contribution in [0.25, 0.3) is 22.2 Å². The van der Waals surface area contributed by atoms with Crippen LogP contribution in [0.15, 0.2) is 77.7 Å². The number of ketones is 1. The van der Waals surface area contributed by atoms with Crippen molar-refractivity contribution in [1.29, 1.82) is 0 Å². The topological polar surface area (TPSA) is 51.3 Å². The van der Waals surface area contributed by atoms with Crippen LogP contribution in [0.1, 0.15) is 16.8 Å². The van der Waals surface area contributed by atoms with E-state index in [1.807, 2.05) is 72.8 Å². The molecule has 1 aliphatic rings. The molecule has 0 saturated carbocycles. The number of ether oxygens (including phenoxy) is 2. The van der Waals surface area contributed by atoms with Gasteiger partial charge in [-0.15, -0.1) is 11.8 Å². The minimum Gasteiger partial charge on any atom is -0.490 e. The molecular weight excluding hydrogens is 394 g/mol. The van der Waals surface area contributed by atoms with Gasteiger partial charge in [0.2, 0.25) is 0 Å². The van der Waals surface area contributed by atoms with Gasteiger partial charge in [-0.3, -0.25) is 4.79 Å². The first-order chi connectivity index (χ1) is 14.8. The first kappa shape index (κ1) is 18.8. The second-order valence-corrected chi connectivity index (χ2v) is 8.21. The number of Topliss-reactive ketones (excluding diaryl/α,β-unsaturated/α-hetero) is 1. The van der Waals surface area contributed by atoms with Gasteiger partial charge >= 0.3 is 0 Å². The predicted octanol–water partition coefficient (Wildman–Crippen LogP) is 5.97. The summed E-state index contributed by atoms with van der Waals surface area (Å²) in [5.74, 6) is 1.97. The van der Waals surface area contributed by atoms with Gasteiger partial charge in [-0.1, -0.05) is 48.5 Å². The maximum atomic E-state index is 13.3. The van der Waals surface area contributed by atoms with Crippen LogP contribution >= 0.6 is 11.8 Å². The molecule has 0 fully saturated rings. The second kappa shape index (κ2) is 8.28. The number of hydrogen-bond donors (Lipinski definition) is 1. The summed E-state index contributed by atoms with van der Waals surface area (Å²) in [5, 5.41) is 0.959. The SMILES string of the molecule is O=C(CSc1ccc2c(c1)OCCCO2)c1c(-c2ccccc2)[nH]c2ccccc12. The molecule has 0 amide bonds. The normalized spacial score (nSPS) is 13.2. The van der Waals surface area contributed by atoms with Gasteiger partial charge in [0, 0.05) is 22.2 Å². The number of aromatic nitrogens is 1. The molecule has 0 aliphatic carbocycles. The molecule has 4 aromatic rings. The number of hydrogen-bond acceptors (Lipinski definition) is 4. The number of carbonyl (C=O) groups is 1. The van der Waals surface area contributed by atoms with Crippen LogP contribution in [0.5, 0.6) is 11.5 Å². The first-order valence-corrected chi connectivity index (χ1v) is 11.0. The van der Waals surface area contributed by atoms with E-state index in [-0.39, 0.29) is 5.78 Å². The summed E-state index contributed by atoms with van der Waals surface area (Å²) < 4.78 is 11.5. The number of aromatic amines is 1. The third kappa shape index (κ3) is 3.68. The molecule has 5 heteroatoms. The van der Waals surface area contributed by atoms with E-state index in [0.29, 0.717) is 19.0 Å². The fourth-order valence-electron chi connectivity index (χ4n) is 3.71. The van der Waals surface area contributed by atoms with Crippen molar-refractivity contribution >= 4 is 28.4 Å². The lowest BCUT2D eigenvalue weighted by atomic mass is 10.0. The lowest BCUT2D eigenvalue weighted by Gasteiger charge is -2.09. The molecule has 0 bridgehead atoms. The molecule has 30 heavy (non-hydrogen) atoms. The fourth-order valence-corrected chi connectivity index (χ4v) is 4.50. The van der Waals surface area contributed by atoms with Gasteiger partial charge in [0.15, 0.2) is 17.3 Å². The van der Waals surface area contributed by atoms with Crippen molar-refractivity contribution in [2.75, 3.05) is 19.0 Å². The van der Waals surface area contributed by atoms with E-state index in [1.165, 1.54) is 11.8 Å². The van der Waals surface area contributed by atoms with E-state index in [2.05, 4.69) is 4.98 Å². The third-order valence-corrected chi connectivity index (χ3v) is 6.13. The van der Waals surface area contributed by atoms with Crippen molar-refractivity contribution < 1.29 is 14.3 Å². The number of thioether (sulfide) groups is 1. The Balaban J connectivity index is 1.43. The molecule has 1 aromatic heterocycles. The van der Waals surface area contributed by atoms with Crippen molar-refractivity contribution in [3.05, 3.63) is 78.4 Å². The average Bonchev–Trinajstić information content (AvgIpc) is 3.02. The maximum Gasteiger partial charge on any atom is 0.175 e. The zero-order valence-electron chi connectivity index (χ0n) is 16.4. The average molecular weight is 416 g/mol. The van der Waals surface area contributed by atoms with Crippen molar-refractivity contribution in [3.8, 4) is 22.8 Å². The number of H-pyrrole nitrogens is 1. The third-order valence-electron chi connectivity index (χ3n) is 5.14. The molecule has 1 N–H and O–H groups in total. The minimum absolute atomic E-state index is 0.100. The number of fused-ring (bicyclic) bond motifs is 2. The molecule has 0 saturated heterocycles. The zero-order valence-corrected chi connectivity index (χ0v) is 17.2. The summed E-state index contributed by atoms with van der Waals surface area (Å²) in [7, 11) is 0. The van der Waals surface area contributed by atoms with Crippen molar-refractivity contribution in [2.24, 2.45) is 0 Å². The molecule has 0 radical (unpaired) electrons. The Morgan fingerprint density at radius 2 is 1.67 bits per heavy atom. The van der Waals surface area contributed by atoms with E-state index >= 15 is 0 Å². The van der Waals surface area contributed by atoms with Gasteiger partial charge in [-0.25, -0.2) is 0 Å². The molecule has 0 unspecified atom stereocenters. The first-order valence-electron chi connectivity index (χ1n) is 10.0. The van der Waals surface area contributed by atoms with Crippen LogP contribution in [0, 0.1) is 0 Å². The molecule has 2 heterocycles. The van der Waals surface area contributed by atoms with Gasteiger partial charge < -0.3 is 14.5 Å². The van der Waals surface area contributed by atoms with Crippen LogP contribution in [-0.4, -0.2) is 29.7 Å². The Labute approximate surface area is 179 Å². The van der Waals surface area contributed by atoms with Crippen molar-refractivity contribution in [1.82, 2.24) is 4.98 Å². The Bertz CT molecular complexity index is 1200. The molecule has 0 atom stereocenters. The summed E-state index contributed by atoms with van der Waals surface area (Å²) in [5.41, 5.74) is 3.61. The van der Waals surface area contributed by atoms with E-state index in [4.69, 9.17) is 9.47 Å². The van der Waals surface area contributed by atoms with E-state index in [9.17, 15) is 4.79 Å². The van der Waals surface area contributed by atoms with Gasteiger partial charge in [0.05, 0.1) is 30.2 Å². The second-order valence-electron chi connectivity index (χ2n) is 7.16. The zero-order chi connectivity index (χ0) is 20.3. The van der Waals surface area contributed by atoms with Crippen molar-refractivity contribution in [2.45, 2.75) is 11.3 Å². The largest absolute Gasteiger partial charge is 0.490 e. The smallest absolute Gasteiger partial charge is 0.175 e. The number of carbonyl (C=O) groups excluding carboxylic acids is 1. The molecule has 4 nitrogen and oxygen atoms in total. The summed E-state index contributed by atoms with van der Waals surface area (Å²) in [6, 6.07) is 23.8. The molecule has 0 spiro atoms. The minimum atomic E-state index is 0.100. The van der Waals surface area contributed by atoms with Gasteiger partial charge in [0.1, 0.15) is 0 Å². The lowest BCUT2D eigenvalue weighted by Crippen LogP contribution is -2.03. The number of para-hydroxylation sites is 1. The Morgan fingerprint density at radius 1 is 0.900 bits per heavy atom. The Kier molecular flexibility index (Phi) is 5.20. The Hall–Kier alpha value is -3.18. The number of nitrogens with one attached hydrogen (secondary N) is 1. The summed E-state index contributed by atoms with van der Waals surface area (Å²) >= 11 is 1.52.